The van der Waals surface area contributed by atoms with E-state index >= 15 is 0 Å². The number of nitrogens with one attached hydrogen (secondary N) is 1. The van der Waals surface area contributed by atoms with Gasteiger partial charge in [-0.3, -0.25) is 14.7 Å². The Morgan fingerprint density at radius 3 is 2.95 bits per heavy atom. The van der Waals surface area contributed by atoms with E-state index in [4.69, 9.17) is 4.74 Å². The number of aryl methyl sites for hydroxylation is 2. The van der Waals surface area contributed by atoms with Gasteiger partial charge in [0.1, 0.15) is 0 Å². The summed E-state index contributed by atoms with van der Waals surface area (Å²) in [6, 6.07) is 4.12. The van der Waals surface area contributed by atoms with Gasteiger partial charge in [0.15, 0.2) is 0 Å². The number of likely N-dealkylation sites (N-methyl/N-ethyl adjacent to an activating group) is 1. The van der Waals surface area contributed by atoms with Crippen LogP contribution in [0.25, 0.3) is 0 Å². The Morgan fingerprint density at radius 1 is 1.48 bits per heavy atom. The summed E-state index contributed by atoms with van der Waals surface area (Å²) in [6.07, 6.45) is 2.34. The van der Waals surface area contributed by atoms with Crippen molar-refractivity contribution >= 4 is 5.91 Å². The number of pyridine rings is 1. The van der Waals surface area contributed by atoms with Gasteiger partial charge in [0, 0.05) is 25.4 Å². The Labute approximate surface area is 126 Å². The lowest BCUT2D eigenvalue weighted by atomic mass is 10.2. The highest BCUT2D eigenvalue weighted by Crippen LogP contribution is 2.10. The highest BCUT2D eigenvalue weighted by atomic mass is 16.5. The largest absolute Gasteiger partial charge is 0.376 e. The fraction of sp³-hybridized carbons (Fsp3) is 0.625. The van der Waals surface area contributed by atoms with E-state index < -0.39 is 0 Å². The molecule has 2 heterocycles. The van der Waals surface area contributed by atoms with Gasteiger partial charge in [-0.15, -0.1) is 0 Å². The first-order valence-electron chi connectivity index (χ1n) is 7.54. The SMILES string of the molecule is Cc1cc(C)nc(CN(C)CC(=O)NC[C@H]2CCCO2)c1. The number of rotatable bonds is 6. The van der Waals surface area contributed by atoms with Crippen LogP contribution in [0.15, 0.2) is 12.1 Å². The van der Waals surface area contributed by atoms with Crippen molar-refractivity contribution in [1.29, 1.82) is 0 Å². The summed E-state index contributed by atoms with van der Waals surface area (Å²) in [4.78, 5) is 18.4. The van der Waals surface area contributed by atoms with Crippen LogP contribution >= 0.6 is 0 Å². The fourth-order valence-electron chi connectivity index (χ4n) is 2.67. The molecule has 1 N–H and O–H groups in total. The van der Waals surface area contributed by atoms with Crippen molar-refractivity contribution in [2.75, 3.05) is 26.7 Å². The van der Waals surface area contributed by atoms with E-state index in [1.165, 1.54) is 5.56 Å². The predicted octanol–water partition coefficient (Wildman–Crippen LogP) is 1.43. The van der Waals surface area contributed by atoms with Crippen LogP contribution in [0.1, 0.15) is 29.8 Å². The van der Waals surface area contributed by atoms with Gasteiger partial charge in [0.25, 0.3) is 0 Å². The number of carbonyl (C=O) groups is 1. The van der Waals surface area contributed by atoms with Crippen molar-refractivity contribution in [3.05, 3.63) is 29.1 Å². The van der Waals surface area contributed by atoms with Gasteiger partial charge in [0.05, 0.1) is 18.3 Å². The molecule has 2 rings (SSSR count). The van der Waals surface area contributed by atoms with Crippen LogP contribution < -0.4 is 5.32 Å². The molecular formula is C16H25N3O2. The Kier molecular flexibility index (Phi) is 5.70. The zero-order valence-electron chi connectivity index (χ0n) is 13.2. The standard InChI is InChI=1S/C16H25N3O2/c1-12-7-13(2)18-14(8-12)10-19(3)11-16(20)17-9-15-5-4-6-21-15/h7-8,15H,4-6,9-11H2,1-3H3,(H,17,20)/t15-/m1/s1. The molecule has 5 heteroatoms. The molecule has 1 aromatic heterocycles. The molecule has 1 atom stereocenters. The Bertz CT molecular complexity index is 464. The molecule has 1 amide bonds. The third kappa shape index (κ3) is 5.44. The van der Waals surface area contributed by atoms with Gasteiger partial charge in [-0.05, 0) is 51.4 Å². The first-order valence-corrected chi connectivity index (χ1v) is 7.54. The molecule has 0 spiro atoms. The van der Waals surface area contributed by atoms with E-state index in [-0.39, 0.29) is 12.0 Å². The summed E-state index contributed by atoms with van der Waals surface area (Å²) in [5.74, 6) is 0.0392. The summed E-state index contributed by atoms with van der Waals surface area (Å²) >= 11 is 0. The van der Waals surface area contributed by atoms with Crippen LogP contribution in [0, 0.1) is 13.8 Å². The zero-order valence-corrected chi connectivity index (χ0v) is 13.2. The van der Waals surface area contributed by atoms with Crippen molar-refractivity contribution in [2.24, 2.45) is 0 Å². The monoisotopic (exact) mass is 291 g/mol. The minimum atomic E-state index is 0.0392. The Morgan fingerprint density at radius 2 is 2.29 bits per heavy atom. The van der Waals surface area contributed by atoms with Crippen molar-refractivity contribution in [3.8, 4) is 0 Å². The van der Waals surface area contributed by atoms with Crippen LogP contribution in [-0.4, -0.2) is 48.6 Å². The van der Waals surface area contributed by atoms with E-state index in [2.05, 4.69) is 29.4 Å². The van der Waals surface area contributed by atoms with Gasteiger partial charge in [-0.1, -0.05) is 0 Å². The molecule has 21 heavy (non-hydrogen) atoms. The number of ether oxygens (including phenoxy) is 1. The summed E-state index contributed by atoms with van der Waals surface area (Å²) in [6.45, 7) is 6.54. The predicted molar refractivity (Wildman–Crippen MR) is 82.0 cm³/mol. The average Bonchev–Trinajstić information content (AvgIpc) is 2.87. The summed E-state index contributed by atoms with van der Waals surface area (Å²) in [5, 5.41) is 2.94. The highest BCUT2D eigenvalue weighted by Gasteiger charge is 2.16. The molecular weight excluding hydrogens is 266 g/mol. The minimum absolute atomic E-state index is 0.0392. The van der Waals surface area contributed by atoms with E-state index in [1.807, 2.05) is 18.9 Å². The van der Waals surface area contributed by atoms with E-state index in [0.29, 0.717) is 19.6 Å². The average molecular weight is 291 g/mol. The van der Waals surface area contributed by atoms with Crippen LogP contribution in [-0.2, 0) is 16.1 Å². The lowest BCUT2D eigenvalue weighted by molar-refractivity contribution is -0.122. The third-order valence-corrected chi connectivity index (χ3v) is 3.55. The van der Waals surface area contributed by atoms with Crippen LogP contribution in [0.2, 0.25) is 0 Å². The first-order chi connectivity index (χ1) is 10.0. The summed E-state index contributed by atoms with van der Waals surface area (Å²) in [5.41, 5.74) is 3.22. The van der Waals surface area contributed by atoms with E-state index in [0.717, 1.165) is 30.8 Å². The smallest absolute Gasteiger partial charge is 0.234 e. The summed E-state index contributed by atoms with van der Waals surface area (Å²) in [7, 11) is 1.94. The van der Waals surface area contributed by atoms with Crippen molar-refractivity contribution in [1.82, 2.24) is 15.2 Å². The van der Waals surface area contributed by atoms with Gasteiger partial charge >= 0.3 is 0 Å². The van der Waals surface area contributed by atoms with Crippen molar-refractivity contribution < 1.29 is 9.53 Å². The molecule has 116 valence electrons. The maximum absolute atomic E-state index is 11.9. The molecule has 1 saturated heterocycles. The Balaban J connectivity index is 1.75. The normalized spacial score (nSPS) is 18.2. The minimum Gasteiger partial charge on any atom is -0.376 e. The first kappa shape index (κ1) is 15.9. The molecule has 0 saturated carbocycles. The second-order valence-electron chi connectivity index (χ2n) is 5.89. The number of carbonyl (C=O) groups excluding carboxylic acids is 1. The fourth-order valence-corrected chi connectivity index (χ4v) is 2.67. The van der Waals surface area contributed by atoms with Crippen LogP contribution in [0.4, 0.5) is 0 Å². The van der Waals surface area contributed by atoms with Crippen molar-refractivity contribution in [3.63, 3.8) is 0 Å². The number of nitrogens with zero attached hydrogens (tertiary/aromatic N) is 2. The van der Waals surface area contributed by atoms with E-state index in [1.54, 1.807) is 0 Å². The third-order valence-electron chi connectivity index (χ3n) is 3.55. The van der Waals surface area contributed by atoms with Crippen LogP contribution in [0.5, 0.6) is 0 Å². The second kappa shape index (κ2) is 7.52. The lowest BCUT2D eigenvalue weighted by Gasteiger charge is -2.17. The molecule has 1 fully saturated rings. The number of hydrogen-bond acceptors (Lipinski definition) is 4. The Hall–Kier alpha value is -1.46. The molecule has 1 aliphatic heterocycles. The molecule has 0 aromatic carbocycles. The molecule has 0 radical (unpaired) electrons. The van der Waals surface area contributed by atoms with Gasteiger partial charge < -0.3 is 10.1 Å². The van der Waals surface area contributed by atoms with Gasteiger partial charge in [0.2, 0.25) is 5.91 Å². The van der Waals surface area contributed by atoms with Crippen LogP contribution in [0.3, 0.4) is 0 Å². The molecule has 5 nitrogen and oxygen atoms in total. The molecule has 1 aromatic rings. The second-order valence-corrected chi connectivity index (χ2v) is 5.89. The maximum Gasteiger partial charge on any atom is 0.234 e. The zero-order chi connectivity index (χ0) is 15.2. The lowest BCUT2D eigenvalue weighted by Crippen LogP contribution is -2.38. The molecule has 0 aliphatic carbocycles. The summed E-state index contributed by atoms with van der Waals surface area (Å²) < 4.78 is 5.49. The van der Waals surface area contributed by atoms with Gasteiger partial charge in [-0.25, -0.2) is 0 Å². The number of aromatic nitrogens is 1. The quantitative estimate of drug-likeness (QED) is 0.861. The van der Waals surface area contributed by atoms with E-state index in [9.17, 15) is 4.79 Å². The highest BCUT2D eigenvalue weighted by molar-refractivity contribution is 5.77. The maximum atomic E-state index is 11.9. The molecule has 1 aliphatic rings. The van der Waals surface area contributed by atoms with Gasteiger partial charge in [-0.2, -0.15) is 0 Å². The topological polar surface area (TPSA) is 54.5 Å². The van der Waals surface area contributed by atoms with Crippen molar-refractivity contribution in [2.45, 2.75) is 39.3 Å². The molecule has 0 unspecified atom stereocenters. The number of amides is 1. The molecule has 0 bridgehead atoms. The number of hydrogen-bond donors (Lipinski definition) is 1.